The van der Waals surface area contributed by atoms with Gasteiger partial charge in [0, 0.05) is 35.6 Å². The summed E-state index contributed by atoms with van der Waals surface area (Å²) in [7, 11) is -6.84. The number of carbonyl (C=O) groups excluding carboxylic acids is 1. The highest BCUT2D eigenvalue weighted by molar-refractivity contribution is 7.90. The van der Waals surface area contributed by atoms with Gasteiger partial charge in [-0.3, -0.25) is 4.79 Å². The average molecular weight is 746 g/mol. The van der Waals surface area contributed by atoms with E-state index in [2.05, 4.69) is 5.32 Å². The third-order valence-electron chi connectivity index (χ3n) is 7.21. The van der Waals surface area contributed by atoms with Crippen LogP contribution in [0.4, 0.5) is 17.6 Å². The smallest absolute Gasteiger partial charge is 0.271 e. The second-order valence-electron chi connectivity index (χ2n) is 10.5. The Morgan fingerprint density at radius 1 is 0.600 bits per heavy atom. The van der Waals surface area contributed by atoms with Crippen LogP contribution in [0.3, 0.4) is 0 Å². The fourth-order valence-corrected chi connectivity index (χ4v) is 7.88. The summed E-state index contributed by atoms with van der Waals surface area (Å²) in [4.78, 5) is 10.0. The number of benzene rings is 4. The van der Waals surface area contributed by atoms with Crippen LogP contribution in [0.5, 0.6) is 0 Å². The Balaban J connectivity index is 0.000000220. The Bertz CT molecular complexity index is 2380. The molecule has 0 aliphatic carbocycles. The van der Waals surface area contributed by atoms with E-state index in [1.165, 1.54) is 85.1 Å². The van der Waals surface area contributed by atoms with Gasteiger partial charge in [-0.25, -0.2) is 42.3 Å². The van der Waals surface area contributed by atoms with Crippen molar-refractivity contribution in [1.29, 1.82) is 0 Å². The van der Waals surface area contributed by atoms with Crippen molar-refractivity contribution in [3.05, 3.63) is 156 Å². The van der Waals surface area contributed by atoms with Gasteiger partial charge in [0.2, 0.25) is 0 Å². The molecule has 1 N–H and O–H groups in total. The predicted octanol–water partition coefficient (Wildman–Crippen LogP) is 7.29. The molecule has 0 aliphatic heterocycles. The van der Waals surface area contributed by atoms with Crippen molar-refractivity contribution < 1.29 is 39.2 Å². The third kappa shape index (κ3) is 7.58. The molecule has 0 atom stereocenters. The van der Waals surface area contributed by atoms with Crippen LogP contribution < -0.4 is 5.32 Å². The maximum atomic E-state index is 14.2. The first-order chi connectivity index (χ1) is 23.4. The predicted molar refractivity (Wildman–Crippen MR) is 183 cm³/mol. The molecule has 0 amide bonds. The lowest BCUT2D eigenvalue weighted by Crippen LogP contribution is -2.15. The Morgan fingerprint density at radius 3 is 1.42 bits per heavy atom. The number of rotatable bonds is 9. The topological polar surface area (TPSA) is 107 Å². The van der Waals surface area contributed by atoms with E-state index in [0.717, 1.165) is 28.4 Å². The highest BCUT2D eigenvalue weighted by Crippen LogP contribution is 2.31. The molecule has 0 saturated heterocycles. The Morgan fingerprint density at radius 2 is 1.00 bits per heavy atom. The maximum absolute atomic E-state index is 14.2. The fraction of sp³-hybridized carbons (Fsp3) is 0.0571. The molecular weight excluding hydrogens is 718 g/mol. The first-order valence-electron chi connectivity index (χ1n) is 14.4. The Kier molecular flexibility index (Phi) is 11.9. The number of halogens is 5. The van der Waals surface area contributed by atoms with E-state index < -0.39 is 53.1 Å². The molecular formula is C35H28ClF4N3O5S2. The molecule has 260 valence electrons. The van der Waals surface area contributed by atoms with Crippen LogP contribution >= 0.6 is 12.4 Å². The molecule has 0 aliphatic rings. The molecule has 4 aromatic carbocycles. The van der Waals surface area contributed by atoms with Gasteiger partial charge in [-0.15, -0.1) is 12.4 Å². The third-order valence-corrected chi connectivity index (χ3v) is 10.6. The summed E-state index contributed by atoms with van der Waals surface area (Å²) in [6.45, 7) is 0.390. The van der Waals surface area contributed by atoms with Gasteiger partial charge in [0.1, 0.15) is 33.1 Å². The second kappa shape index (κ2) is 15.7. The molecule has 0 radical (unpaired) electrons. The minimum absolute atomic E-state index is 0. The molecule has 6 rings (SSSR count). The molecule has 6 aromatic rings. The van der Waals surface area contributed by atoms with Crippen LogP contribution in [0.25, 0.3) is 22.5 Å². The van der Waals surface area contributed by atoms with E-state index >= 15 is 0 Å². The summed E-state index contributed by atoms with van der Waals surface area (Å²) >= 11 is 0. The first kappa shape index (κ1) is 37.8. The number of aromatic nitrogens is 2. The molecule has 8 nitrogen and oxygen atoms in total. The zero-order chi connectivity index (χ0) is 35.3. The molecule has 2 heterocycles. The first-order valence-corrected chi connectivity index (χ1v) is 17.3. The quantitative estimate of drug-likeness (QED) is 0.123. The summed E-state index contributed by atoms with van der Waals surface area (Å²) in [6.07, 6.45) is 2.86. The molecule has 15 heteroatoms. The van der Waals surface area contributed by atoms with Crippen LogP contribution in [0, 0.1) is 23.3 Å². The largest absolute Gasteiger partial charge is 0.316 e. The van der Waals surface area contributed by atoms with Crippen molar-refractivity contribution in [1.82, 2.24) is 13.3 Å². The van der Waals surface area contributed by atoms with Gasteiger partial charge in [0.05, 0.1) is 11.4 Å². The zero-order valence-electron chi connectivity index (χ0n) is 26.0. The van der Waals surface area contributed by atoms with Crippen molar-refractivity contribution in [2.24, 2.45) is 0 Å². The minimum atomic E-state index is -4.34. The maximum Gasteiger partial charge on any atom is 0.271 e. The summed E-state index contributed by atoms with van der Waals surface area (Å²) < 4.78 is 109. The van der Waals surface area contributed by atoms with E-state index in [1.54, 1.807) is 19.2 Å². The van der Waals surface area contributed by atoms with E-state index in [0.29, 0.717) is 22.4 Å². The fourth-order valence-electron chi connectivity index (χ4n) is 4.97. The van der Waals surface area contributed by atoms with Gasteiger partial charge in [0.15, 0.2) is 6.29 Å². The lowest BCUT2D eigenvalue weighted by Gasteiger charge is -2.11. The van der Waals surface area contributed by atoms with Gasteiger partial charge in [-0.05, 0) is 73.3 Å². The molecule has 50 heavy (non-hydrogen) atoms. The standard InChI is InChI=1S/C18H16F2N2O2S.C17H11F2NO3S.ClH/c1-21-11-13-10-17(14-6-2-3-7-15(14)19)22(12-13)25(23,24)18-9-5-4-8-16(18)20;18-14-6-2-1-5-13(14)16-9-12(11-21)10-20(16)24(22,23)17-8-4-3-7-15(17)19;/h2-10,12,21H,11H2,1H3;1-11H;1H. The Hall–Kier alpha value is -5.02. The highest BCUT2D eigenvalue weighted by Gasteiger charge is 2.27. The van der Waals surface area contributed by atoms with E-state index in [-0.39, 0.29) is 40.5 Å². The van der Waals surface area contributed by atoms with E-state index in [1.807, 2.05) is 0 Å². The molecule has 2 aromatic heterocycles. The molecule has 0 bridgehead atoms. The minimum Gasteiger partial charge on any atom is -0.316 e. The van der Waals surface area contributed by atoms with Crippen molar-refractivity contribution in [3.63, 3.8) is 0 Å². The summed E-state index contributed by atoms with van der Waals surface area (Å²) in [5, 5.41) is 2.92. The molecule has 0 unspecified atom stereocenters. The van der Waals surface area contributed by atoms with Gasteiger partial charge in [0.25, 0.3) is 20.0 Å². The van der Waals surface area contributed by atoms with Crippen molar-refractivity contribution in [3.8, 4) is 22.5 Å². The normalized spacial score (nSPS) is 11.3. The van der Waals surface area contributed by atoms with Crippen LogP contribution in [0.15, 0.2) is 131 Å². The van der Waals surface area contributed by atoms with Gasteiger partial charge < -0.3 is 5.32 Å². The van der Waals surface area contributed by atoms with Crippen LogP contribution in [0.2, 0.25) is 0 Å². The Labute approximate surface area is 292 Å². The number of hydrogen-bond donors (Lipinski definition) is 1. The SMILES string of the molecule is CNCc1cc(-c2ccccc2F)n(S(=O)(=O)c2ccccc2F)c1.Cl.O=Cc1cc(-c2ccccc2F)n(S(=O)(=O)c2ccccc2F)c1. The van der Waals surface area contributed by atoms with Gasteiger partial charge in [-0.1, -0.05) is 48.5 Å². The van der Waals surface area contributed by atoms with Crippen molar-refractivity contribution in [2.45, 2.75) is 16.3 Å². The summed E-state index contributed by atoms with van der Waals surface area (Å²) in [5.41, 5.74) is 0.883. The molecule has 0 spiro atoms. The number of nitrogens with zero attached hydrogens (tertiary/aromatic N) is 2. The molecule has 0 saturated carbocycles. The lowest BCUT2D eigenvalue weighted by molar-refractivity contribution is 0.112. The van der Waals surface area contributed by atoms with Crippen molar-refractivity contribution >= 4 is 38.7 Å². The number of carbonyl (C=O) groups is 1. The number of hydrogen-bond acceptors (Lipinski definition) is 6. The van der Waals surface area contributed by atoms with Gasteiger partial charge in [-0.2, -0.15) is 0 Å². The summed E-state index contributed by atoms with van der Waals surface area (Å²) in [5.74, 6) is -3.00. The van der Waals surface area contributed by atoms with Gasteiger partial charge >= 0.3 is 0 Å². The van der Waals surface area contributed by atoms with E-state index in [4.69, 9.17) is 0 Å². The zero-order valence-corrected chi connectivity index (χ0v) is 28.5. The lowest BCUT2D eigenvalue weighted by atomic mass is 10.1. The van der Waals surface area contributed by atoms with Crippen LogP contribution in [0.1, 0.15) is 15.9 Å². The summed E-state index contributed by atoms with van der Waals surface area (Å²) in [6, 6.07) is 24.2. The number of aldehydes is 1. The monoisotopic (exact) mass is 745 g/mol. The second-order valence-corrected chi connectivity index (χ2v) is 14.0. The number of nitrogens with one attached hydrogen (secondary N) is 1. The average Bonchev–Trinajstić information content (AvgIpc) is 3.72. The highest BCUT2D eigenvalue weighted by atomic mass is 35.5. The molecule has 0 fully saturated rings. The van der Waals surface area contributed by atoms with Crippen molar-refractivity contribution in [2.75, 3.05) is 7.05 Å². The van der Waals surface area contributed by atoms with Crippen LogP contribution in [-0.2, 0) is 26.6 Å². The van der Waals surface area contributed by atoms with E-state index in [9.17, 15) is 39.2 Å². The van der Waals surface area contributed by atoms with Crippen LogP contribution in [-0.4, -0.2) is 38.1 Å².